The summed E-state index contributed by atoms with van der Waals surface area (Å²) >= 11 is 8.66. The Morgan fingerprint density at radius 3 is 2.65 bits per heavy atom. The van der Waals surface area contributed by atoms with Gasteiger partial charge in [0, 0.05) is 10.7 Å². The number of thiocarbonyl (C=S) groups is 1. The average Bonchev–Trinajstić information content (AvgIpc) is 3.01. The van der Waals surface area contributed by atoms with Crippen LogP contribution in [0.5, 0.6) is 0 Å². The molecule has 3 nitrogen and oxygen atoms in total. The van der Waals surface area contributed by atoms with Crippen molar-refractivity contribution in [2.75, 3.05) is 5.32 Å². The highest BCUT2D eigenvalue weighted by Gasteiger charge is 2.37. The van der Waals surface area contributed by atoms with Gasteiger partial charge in [0.05, 0.1) is 16.9 Å². The largest absolute Gasteiger partial charge is 0.351 e. The van der Waals surface area contributed by atoms with E-state index in [1.54, 1.807) is 18.3 Å². The molecular formula is C17H17BrFN3S. The van der Waals surface area contributed by atoms with E-state index in [4.69, 9.17) is 12.2 Å². The number of anilines is 1. The molecule has 0 unspecified atom stereocenters. The first-order chi connectivity index (χ1) is 11.1. The van der Waals surface area contributed by atoms with Gasteiger partial charge in [0.2, 0.25) is 0 Å². The van der Waals surface area contributed by atoms with Crippen LogP contribution >= 0.6 is 28.1 Å². The maximum Gasteiger partial charge on any atom is 0.171 e. The van der Waals surface area contributed by atoms with Crippen LogP contribution in [-0.4, -0.2) is 10.1 Å². The number of nitrogens with zero attached hydrogens (tertiary/aromatic N) is 1. The fourth-order valence-electron chi connectivity index (χ4n) is 3.03. The smallest absolute Gasteiger partial charge is 0.171 e. The van der Waals surface area contributed by atoms with Gasteiger partial charge in [-0.3, -0.25) is 4.98 Å². The lowest BCUT2D eigenvalue weighted by molar-refractivity contribution is 0.396. The molecule has 23 heavy (non-hydrogen) atoms. The van der Waals surface area contributed by atoms with Crippen LogP contribution in [0.15, 0.2) is 47.1 Å². The van der Waals surface area contributed by atoms with Gasteiger partial charge >= 0.3 is 0 Å². The summed E-state index contributed by atoms with van der Waals surface area (Å²) in [4.78, 5) is 4.49. The zero-order chi connectivity index (χ0) is 16.3. The second kappa shape index (κ2) is 6.93. The van der Waals surface area contributed by atoms with Gasteiger partial charge in [-0.25, -0.2) is 4.39 Å². The van der Waals surface area contributed by atoms with E-state index in [-0.39, 0.29) is 11.4 Å². The Bertz CT molecular complexity index is 702. The van der Waals surface area contributed by atoms with E-state index in [2.05, 4.69) is 31.5 Å². The maximum atomic E-state index is 14.0. The first kappa shape index (κ1) is 16.3. The first-order valence-electron chi connectivity index (χ1n) is 7.55. The minimum Gasteiger partial charge on any atom is -0.351 e. The van der Waals surface area contributed by atoms with Crippen LogP contribution in [0.4, 0.5) is 10.1 Å². The summed E-state index contributed by atoms with van der Waals surface area (Å²) in [5.41, 5.74) is 1.08. The number of aromatic nitrogens is 1. The van der Waals surface area contributed by atoms with E-state index < -0.39 is 0 Å². The van der Waals surface area contributed by atoms with Crippen LogP contribution in [0.25, 0.3) is 0 Å². The summed E-state index contributed by atoms with van der Waals surface area (Å²) in [6.45, 7) is 0. The fourth-order valence-corrected chi connectivity index (χ4v) is 3.67. The number of nitrogens with one attached hydrogen (secondary N) is 2. The SMILES string of the molecule is Fc1cc(Br)ccc1NC(=S)NC1(c2ccccn2)CCCC1. The van der Waals surface area contributed by atoms with Crippen LogP contribution in [0.3, 0.4) is 0 Å². The van der Waals surface area contributed by atoms with Gasteiger partial charge in [-0.2, -0.15) is 0 Å². The van der Waals surface area contributed by atoms with E-state index in [1.165, 1.54) is 6.07 Å². The van der Waals surface area contributed by atoms with Gasteiger partial charge in [0.25, 0.3) is 0 Å². The summed E-state index contributed by atoms with van der Waals surface area (Å²) in [5, 5.41) is 6.75. The van der Waals surface area contributed by atoms with Crippen LogP contribution in [0.2, 0.25) is 0 Å². The van der Waals surface area contributed by atoms with Crippen molar-refractivity contribution in [3.8, 4) is 0 Å². The molecule has 3 rings (SSSR count). The number of halogens is 2. The molecule has 1 fully saturated rings. The number of rotatable bonds is 3. The van der Waals surface area contributed by atoms with Crippen molar-refractivity contribution in [3.63, 3.8) is 0 Å². The highest BCUT2D eigenvalue weighted by molar-refractivity contribution is 9.10. The molecule has 0 saturated heterocycles. The molecule has 0 aliphatic heterocycles. The van der Waals surface area contributed by atoms with Crippen LogP contribution < -0.4 is 10.6 Å². The van der Waals surface area contributed by atoms with Crippen LogP contribution in [0, 0.1) is 5.82 Å². The van der Waals surface area contributed by atoms with Crippen molar-refractivity contribution in [2.24, 2.45) is 0 Å². The minimum atomic E-state index is -0.346. The molecule has 1 heterocycles. The lowest BCUT2D eigenvalue weighted by atomic mass is 9.93. The van der Waals surface area contributed by atoms with Crippen molar-refractivity contribution in [3.05, 3.63) is 58.6 Å². The molecule has 0 atom stereocenters. The number of benzene rings is 1. The molecular weight excluding hydrogens is 377 g/mol. The highest BCUT2D eigenvalue weighted by atomic mass is 79.9. The Morgan fingerprint density at radius 2 is 2.00 bits per heavy atom. The maximum absolute atomic E-state index is 14.0. The molecule has 2 aromatic rings. The Hall–Kier alpha value is -1.53. The molecule has 6 heteroatoms. The number of pyridine rings is 1. The summed E-state index contributed by atoms with van der Waals surface area (Å²) in [6, 6.07) is 10.7. The van der Waals surface area contributed by atoms with Gasteiger partial charge in [-0.15, -0.1) is 0 Å². The van der Waals surface area contributed by atoms with Gasteiger partial charge in [-0.05, 0) is 55.4 Å². The third-order valence-corrected chi connectivity index (χ3v) is 4.84. The fraction of sp³-hybridized carbons (Fsp3) is 0.294. The first-order valence-corrected chi connectivity index (χ1v) is 8.75. The van der Waals surface area contributed by atoms with Gasteiger partial charge in [0.15, 0.2) is 5.11 Å². The van der Waals surface area contributed by atoms with Gasteiger partial charge in [0.1, 0.15) is 5.82 Å². The Kier molecular flexibility index (Phi) is 4.92. The monoisotopic (exact) mass is 393 g/mol. The summed E-state index contributed by atoms with van der Waals surface area (Å²) < 4.78 is 14.6. The molecule has 1 saturated carbocycles. The predicted octanol–water partition coefficient (Wildman–Crippen LogP) is 4.74. The third kappa shape index (κ3) is 3.70. The van der Waals surface area contributed by atoms with E-state index >= 15 is 0 Å². The molecule has 2 N–H and O–H groups in total. The standard InChI is InChI=1S/C17H17BrFN3S/c18-12-6-7-14(13(19)11-12)21-16(23)22-17(8-2-3-9-17)15-5-1-4-10-20-15/h1,4-7,10-11H,2-3,8-9H2,(H2,21,22,23). The topological polar surface area (TPSA) is 37.0 Å². The van der Waals surface area contributed by atoms with Crippen LogP contribution in [-0.2, 0) is 5.54 Å². The Labute approximate surface area is 148 Å². The summed E-state index contributed by atoms with van der Waals surface area (Å²) in [6.07, 6.45) is 5.98. The molecule has 120 valence electrons. The molecule has 1 aliphatic carbocycles. The van der Waals surface area contributed by atoms with Crippen molar-refractivity contribution in [1.82, 2.24) is 10.3 Å². The molecule has 1 aliphatic rings. The second-order valence-electron chi connectivity index (χ2n) is 5.71. The second-order valence-corrected chi connectivity index (χ2v) is 7.03. The van der Waals surface area contributed by atoms with Crippen molar-refractivity contribution < 1.29 is 4.39 Å². The zero-order valence-electron chi connectivity index (χ0n) is 12.5. The number of hydrogen-bond acceptors (Lipinski definition) is 2. The summed E-state index contributed by atoms with van der Waals surface area (Å²) in [5.74, 6) is -0.346. The van der Waals surface area contributed by atoms with E-state index in [1.807, 2.05) is 18.2 Å². The van der Waals surface area contributed by atoms with E-state index in [0.717, 1.165) is 31.4 Å². The molecule has 0 spiro atoms. The van der Waals surface area contributed by atoms with E-state index in [9.17, 15) is 4.39 Å². The Morgan fingerprint density at radius 1 is 1.22 bits per heavy atom. The predicted molar refractivity (Wildman–Crippen MR) is 97.8 cm³/mol. The van der Waals surface area contributed by atoms with Crippen molar-refractivity contribution >= 4 is 38.9 Å². The zero-order valence-corrected chi connectivity index (χ0v) is 14.9. The van der Waals surface area contributed by atoms with E-state index in [0.29, 0.717) is 15.3 Å². The quantitative estimate of drug-likeness (QED) is 0.738. The lowest BCUT2D eigenvalue weighted by Crippen LogP contribution is -2.46. The minimum absolute atomic E-state index is 0.267. The van der Waals surface area contributed by atoms with Crippen molar-refractivity contribution in [1.29, 1.82) is 0 Å². The average molecular weight is 394 g/mol. The molecule has 0 radical (unpaired) electrons. The van der Waals surface area contributed by atoms with Gasteiger partial charge in [-0.1, -0.05) is 34.8 Å². The normalized spacial score (nSPS) is 16.1. The highest BCUT2D eigenvalue weighted by Crippen LogP contribution is 2.37. The molecule has 1 aromatic carbocycles. The molecule has 0 amide bonds. The van der Waals surface area contributed by atoms with Crippen LogP contribution in [0.1, 0.15) is 31.4 Å². The lowest BCUT2D eigenvalue weighted by Gasteiger charge is -2.31. The van der Waals surface area contributed by atoms with Crippen molar-refractivity contribution in [2.45, 2.75) is 31.2 Å². The Balaban J connectivity index is 1.77. The third-order valence-electron chi connectivity index (χ3n) is 4.14. The number of hydrogen-bond donors (Lipinski definition) is 2. The molecule has 1 aromatic heterocycles. The van der Waals surface area contributed by atoms with Gasteiger partial charge < -0.3 is 10.6 Å². The molecule has 0 bridgehead atoms. The summed E-state index contributed by atoms with van der Waals surface area (Å²) in [7, 11) is 0.